The number of imidazole rings is 2. The number of hydrogen-bond donors (Lipinski definition) is 6. The fourth-order valence-electron chi connectivity index (χ4n) is 1.59. The molecule has 0 saturated heterocycles. The third-order valence-electron chi connectivity index (χ3n) is 2.46. The molecular formula is C10H6N4O8. The SMILES string of the molecule is O=C(O)c1nc(-c2nc(C(=O)O)c(C(=O)O)[nH]2)[nH]c1C(=O)O. The van der Waals surface area contributed by atoms with E-state index in [-0.39, 0.29) is 0 Å². The van der Waals surface area contributed by atoms with Crippen LogP contribution >= 0.6 is 0 Å². The fraction of sp³-hybridized carbons (Fsp3) is 0. The second-order valence-corrected chi connectivity index (χ2v) is 3.84. The van der Waals surface area contributed by atoms with E-state index in [0.29, 0.717) is 0 Å². The third-order valence-corrected chi connectivity index (χ3v) is 2.46. The molecule has 114 valence electrons. The summed E-state index contributed by atoms with van der Waals surface area (Å²) >= 11 is 0. The van der Waals surface area contributed by atoms with Gasteiger partial charge in [0.25, 0.3) is 0 Å². The van der Waals surface area contributed by atoms with Gasteiger partial charge in [-0.15, -0.1) is 0 Å². The lowest BCUT2D eigenvalue weighted by Crippen LogP contribution is -2.07. The standard InChI is InChI=1S/C10H6N4O8/c15-7(16)1-2(8(17)18)12-5(11-1)6-13-3(9(19)20)4(14-6)10(21)22/h(H,11,12)(H,13,14)(H,15,16)(H,17,18)(H,19,20)(H,21,22). The third kappa shape index (κ3) is 2.35. The van der Waals surface area contributed by atoms with Crippen LogP contribution in [0.2, 0.25) is 0 Å². The first kappa shape index (κ1) is 14.7. The van der Waals surface area contributed by atoms with Gasteiger partial charge in [-0.3, -0.25) is 0 Å². The molecular weight excluding hydrogens is 304 g/mol. The van der Waals surface area contributed by atoms with Crippen LogP contribution in [0.15, 0.2) is 0 Å². The van der Waals surface area contributed by atoms with Crippen molar-refractivity contribution in [1.29, 1.82) is 0 Å². The number of carbonyl (C=O) groups is 4. The zero-order valence-electron chi connectivity index (χ0n) is 10.3. The van der Waals surface area contributed by atoms with E-state index >= 15 is 0 Å². The van der Waals surface area contributed by atoms with Gasteiger partial charge in [-0.1, -0.05) is 0 Å². The quantitative estimate of drug-likeness (QED) is 0.420. The van der Waals surface area contributed by atoms with Crippen molar-refractivity contribution in [2.24, 2.45) is 0 Å². The molecule has 2 aromatic rings. The van der Waals surface area contributed by atoms with E-state index in [0.717, 1.165) is 0 Å². The number of aromatic carboxylic acids is 4. The van der Waals surface area contributed by atoms with E-state index < -0.39 is 58.3 Å². The van der Waals surface area contributed by atoms with Crippen LogP contribution in [0.25, 0.3) is 11.6 Å². The lowest BCUT2D eigenvalue weighted by atomic mass is 10.3. The molecule has 6 N–H and O–H groups in total. The molecule has 0 atom stereocenters. The van der Waals surface area contributed by atoms with Gasteiger partial charge < -0.3 is 30.4 Å². The summed E-state index contributed by atoms with van der Waals surface area (Å²) in [4.78, 5) is 54.8. The maximum absolute atomic E-state index is 10.9. The minimum atomic E-state index is -1.64. The van der Waals surface area contributed by atoms with Crippen molar-refractivity contribution >= 4 is 23.9 Å². The Kier molecular flexibility index (Phi) is 3.35. The van der Waals surface area contributed by atoms with Crippen LogP contribution in [-0.2, 0) is 0 Å². The Morgan fingerprint density at radius 1 is 0.636 bits per heavy atom. The molecule has 12 nitrogen and oxygen atoms in total. The van der Waals surface area contributed by atoms with Crippen molar-refractivity contribution in [3.05, 3.63) is 22.8 Å². The predicted molar refractivity (Wildman–Crippen MR) is 64.0 cm³/mol. The second kappa shape index (κ2) is 5.01. The molecule has 2 rings (SSSR count). The zero-order chi connectivity index (χ0) is 16.6. The van der Waals surface area contributed by atoms with E-state index in [4.69, 9.17) is 20.4 Å². The van der Waals surface area contributed by atoms with Gasteiger partial charge in [-0.25, -0.2) is 29.1 Å². The van der Waals surface area contributed by atoms with Gasteiger partial charge in [0.1, 0.15) is 0 Å². The van der Waals surface area contributed by atoms with Gasteiger partial charge >= 0.3 is 23.9 Å². The highest BCUT2D eigenvalue weighted by atomic mass is 16.4. The second-order valence-electron chi connectivity index (χ2n) is 3.84. The number of hydrogen-bond acceptors (Lipinski definition) is 6. The first-order valence-electron chi connectivity index (χ1n) is 5.36. The summed E-state index contributed by atoms with van der Waals surface area (Å²) in [5.41, 5.74) is -3.17. The summed E-state index contributed by atoms with van der Waals surface area (Å²) in [6, 6.07) is 0. The Balaban J connectivity index is 2.62. The first-order chi connectivity index (χ1) is 10.2. The number of nitrogens with zero attached hydrogens (tertiary/aromatic N) is 2. The maximum Gasteiger partial charge on any atom is 0.357 e. The molecule has 0 spiro atoms. The molecule has 0 unspecified atom stereocenters. The van der Waals surface area contributed by atoms with E-state index in [9.17, 15) is 19.2 Å². The van der Waals surface area contributed by atoms with Gasteiger partial charge in [0, 0.05) is 0 Å². The molecule has 0 aliphatic heterocycles. The summed E-state index contributed by atoms with van der Waals surface area (Å²) in [6.45, 7) is 0. The number of nitrogens with one attached hydrogen (secondary N) is 2. The van der Waals surface area contributed by atoms with E-state index in [1.807, 2.05) is 0 Å². The zero-order valence-corrected chi connectivity index (χ0v) is 10.3. The normalized spacial score (nSPS) is 10.4. The predicted octanol–water partition coefficient (Wildman–Crippen LogP) is -0.407. The summed E-state index contributed by atoms with van der Waals surface area (Å²) in [6.07, 6.45) is 0. The monoisotopic (exact) mass is 310 g/mol. The van der Waals surface area contributed by atoms with Crippen LogP contribution in [0, 0.1) is 0 Å². The Morgan fingerprint density at radius 3 is 1.14 bits per heavy atom. The average molecular weight is 310 g/mol. The van der Waals surface area contributed by atoms with Crippen LogP contribution < -0.4 is 0 Å². The molecule has 2 heterocycles. The molecule has 2 aromatic heterocycles. The van der Waals surface area contributed by atoms with Gasteiger partial charge in [-0.2, -0.15) is 0 Å². The average Bonchev–Trinajstić information content (AvgIpc) is 3.02. The number of aromatic amines is 2. The summed E-state index contributed by atoms with van der Waals surface area (Å²) in [5.74, 6) is -7.35. The molecule has 12 heteroatoms. The highest BCUT2D eigenvalue weighted by Crippen LogP contribution is 2.18. The van der Waals surface area contributed by atoms with Crippen molar-refractivity contribution in [3.8, 4) is 11.6 Å². The van der Waals surface area contributed by atoms with Crippen LogP contribution in [0.3, 0.4) is 0 Å². The van der Waals surface area contributed by atoms with Crippen molar-refractivity contribution in [2.75, 3.05) is 0 Å². The van der Waals surface area contributed by atoms with Gasteiger partial charge in [-0.05, 0) is 0 Å². The van der Waals surface area contributed by atoms with Crippen LogP contribution in [-0.4, -0.2) is 64.2 Å². The molecule has 0 radical (unpaired) electrons. The van der Waals surface area contributed by atoms with Crippen molar-refractivity contribution < 1.29 is 39.6 Å². The largest absolute Gasteiger partial charge is 0.477 e. The Labute approximate surface area is 119 Å². The van der Waals surface area contributed by atoms with E-state index in [1.165, 1.54) is 0 Å². The summed E-state index contributed by atoms with van der Waals surface area (Å²) < 4.78 is 0. The van der Waals surface area contributed by atoms with Gasteiger partial charge in [0.15, 0.2) is 34.4 Å². The fourth-order valence-corrected chi connectivity index (χ4v) is 1.59. The lowest BCUT2D eigenvalue weighted by Gasteiger charge is -1.89. The van der Waals surface area contributed by atoms with Gasteiger partial charge in [0.05, 0.1) is 0 Å². The Bertz CT molecular complexity index is 686. The molecule has 0 saturated carbocycles. The smallest absolute Gasteiger partial charge is 0.357 e. The Morgan fingerprint density at radius 2 is 0.955 bits per heavy atom. The van der Waals surface area contributed by atoms with Crippen molar-refractivity contribution in [3.63, 3.8) is 0 Å². The number of carboxylic acids is 4. The number of H-pyrrole nitrogens is 2. The first-order valence-corrected chi connectivity index (χ1v) is 5.36. The minimum absolute atomic E-state index is 0.426. The molecule has 0 aliphatic carbocycles. The number of aromatic nitrogens is 4. The maximum atomic E-state index is 10.9. The van der Waals surface area contributed by atoms with Crippen molar-refractivity contribution in [1.82, 2.24) is 19.9 Å². The van der Waals surface area contributed by atoms with Crippen LogP contribution in [0.5, 0.6) is 0 Å². The Hall–Kier alpha value is -3.70. The number of carboxylic acid groups (broad SMARTS) is 4. The molecule has 22 heavy (non-hydrogen) atoms. The van der Waals surface area contributed by atoms with Crippen LogP contribution in [0.4, 0.5) is 0 Å². The molecule has 0 fully saturated rings. The number of rotatable bonds is 5. The minimum Gasteiger partial charge on any atom is -0.477 e. The van der Waals surface area contributed by atoms with Crippen molar-refractivity contribution in [2.45, 2.75) is 0 Å². The summed E-state index contributed by atoms with van der Waals surface area (Å²) in [5, 5.41) is 35.4. The summed E-state index contributed by atoms with van der Waals surface area (Å²) in [7, 11) is 0. The molecule has 0 aromatic carbocycles. The van der Waals surface area contributed by atoms with E-state index in [2.05, 4.69) is 19.9 Å². The topological polar surface area (TPSA) is 207 Å². The molecule has 0 bridgehead atoms. The van der Waals surface area contributed by atoms with E-state index in [1.54, 1.807) is 0 Å². The van der Waals surface area contributed by atoms with Crippen LogP contribution in [0.1, 0.15) is 42.0 Å². The molecule has 0 aliphatic rings. The van der Waals surface area contributed by atoms with Gasteiger partial charge in [0.2, 0.25) is 0 Å². The molecule has 0 amide bonds. The highest BCUT2D eigenvalue weighted by molar-refractivity contribution is 6.01. The highest BCUT2D eigenvalue weighted by Gasteiger charge is 2.27. The lowest BCUT2D eigenvalue weighted by molar-refractivity contribution is 0.0644.